The largest absolute Gasteiger partial charge is 0.481 e. The lowest BCUT2D eigenvalue weighted by Gasteiger charge is -2.28. The number of nitrogens with zero attached hydrogens (tertiary/aromatic N) is 2. The Balaban J connectivity index is 1.61. The normalized spacial score (nSPS) is 18.3. The fourth-order valence-corrected chi connectivity index (χ4v) is 7.23. The van der Waals surface area contributed by atoms with Crippen molar-refractivity contribution in [3.63, 3.8) is 0 Å². The third-order valence-electron chi connectivity index (χ3n) is 5.88. The highest BCUT2D eigenvalue weighted by Crippen LogP contribution is 2.33. The molecule has 0 bridgehead atoms. The van der Waals surface area contributed by atoms with E-state index in [4.69, 9.17) is 28.9 Å². The summed E-state index contributed by atoms with van der Waals surface area (Å²) in [5.74, 6) is -3.81. The van der Waals surface area contributed by atoms with Gasteiger partial charge in [0, 0.05) is 33.7 Å². The zero-order valence-electron chi connectivity index (χ0n) is 18.2. The van der Waals surface area contributed by atoms with Crippen molar-refractivity contribution in [2.24, 2.45) is 11.7 Å². The van der Waals surface area contributed by atoms with E-state index in [1.807, 2.05) is 5.38 Å². The number of ketones is 1. The second kappa shape index (κ2) is 10.3. The van der Waals surface area contributed by atoms with E-state index < -0.39 is 39.8 Å². The number of hydrogen-bond donors (Lipinski definition) is 2. The molecule has 1 aliphatic rings. The number of carbonyl (C=O) groups is 2. The van der Waals surface area contributed by atoms with Crippen molar-refractivity contribution in [1.29, 1.82) is 0 Å². The fraction of sp³-hybridized carbons (Fsp3) is 0.261. The van der Waals surface area contributed by atoms with Gasteiger partial charge in [0.25, 0.3) is 0 Å². The molecule has 2 aromatic carbocycles. The third-order valence-corrected chi connectivity index (χ3v) is 9.03. The van der Waals surface area contributed by atoms with E-state index >= 15 is 0 Å². The molecule has 3 atom stereocenters. The highest BCUT2D eigenvalue weighted by Gasteiger charge is 2.45. The van der Waals surface area contributed by atoms with Crippen LogP contribution in [-0.2, 0) is 19.6 Å². The summed E-state index contributed by atoms with van der Waals surface area (Å²) in [4.78, 5) is 29.7. The number of aromatic nitrogens is 1. The van der Waals surface area contributed by atoms with Gasteiger partial charge < -0.3 is 10.8 Å². The van der Waals surface area contributed by atoms with Crippen LogP contribution in [0.2, 0.25) is 10.0 Å². The summed E-state index contributed by atoms with van der Waals surface area (Å²) in [6, 6.07) is 8.37. The summed E-state index contributed by atoms with van der Waals surface area (Å²) in [6.07, 6.45) is 2.26. The van der Waals surface area contributed by atoms with E-state index in [0.29, 0.717) is 12.0 Å². The number of benzene rings is 2. The number of aliphatic carboxylic acids is 1. The average molecular weight is 554 g/mol. The Labute approximate surface area is 216 Å². The monoisotopic (exact) mass is 553 g/mol. The molecule has 1 unspecified atom stereocenters. The quantitative estimate of drug-likeness (QED) is 0.399. The summed E-state index contributed by atoms with van der Waals surface area (Å²) in [5.41, 5.74) is 7.55. The maximum atomic E-state index is 13.5. The molecule has 0 spiro atoms. The second-order valence-electron chi connectivity index (χ2n) is 8.08. The molecule has 3 N–H and O–H groups in total. The molecule has 3 aromatic rings. The van der Waals surface area contributed by atoms with Crippen LogP contribution in [0.1, 0.15) is 24.4 Å². The lowest BCUT2D eigenvalue weighted by molar-refractivity contribution is -0.148. The van der Waals surface area contributed by atoms with Crippen LogP contribution >= 0.6 is 34.5 Å². The Hall–Kier alpha value is -2.34. The lowest BCUT2D eigenvalue weighted by Crippen LogP contribution is -2.47. The molecular formula is C23H21Cl2N3O5S2. The second-order valence-corrected chi connectivity index (χ2v) is 11.7. The molecule has 1 aromatic heterocycles. The molecule has 184 valence electrons. The number of sulfonamides is 1. The molecule has 4 rings (SSSR count). The minimum absolute atomic E-state index is 0.0625. The van der Waals surface area contributed by atoms with Crippen LogP contribution in [0, 0.1) is 5.92 Å². The van der Waals surface area contributed by atoms with Crippen molar-refractivity contribution in [3.05, 3.63) is 69.7 Å². The van der Waals surface area contributed by atoms with E-state index in [1.54, 1.807) is 30.5 Å². The summed E-state index contributed by atoms with van der Waals surface area (Å²) in [6.45, 7) is 0.0625. The Morgan fingerprint density at radius 2 is 1.80 bits per heavy atom. The first kappa shape index (κ1) is 25.7. The van der Waals surface area contributed by atoms with Crippen LogP contribution in [0.15, 0.2) is 58.9 Å². The number of carboxylic acid groups (broad SMARTS) is 1. The average Bonchev–Trinajstić information content (AvgIpc) is 3.51. The molecule has 0 amide bonds. The minimum atomic E-state index is -4.15. The molecule has 8 nitrogen and oxygen atoms in total. The zero-order chi connectivity index (χ0) is 25.3. The molecule has 2 heterocycles. The van der Waals surface area contributed by atoms with E-state index in [1.165, 1.54) is 29.5 Å². The summed E-state index contributed by atoms with van der Waals surface area (Å²) in [5, 5.41) is 12.8. The van der Waals surface area contributed by atoms with Gasteiger partial charge in [-0.3, -0.25) is 9.59 Å². The number of carbonyl (C=O) groups excluding carboxylic acids is 1. The molecule has 0 radical (unpaired) electrons. The Kier molecular flexibility index (Phi) is 7.60. The van der Waals surface area contributed by atoms with Gasteiger partial charge in [0.15, 0.2) is 5.78 Å². The molecule has 0 saturated carbocycles. The SMILES string of the molecule is N[C@@H](c1ccc(-c2nccs2)cc1)C(C(=O)O)C(=O)[C@@H]1CCCN1S(=O)(=O)c1cc(Cl)cc(Cl)c1. The summed E-state index contributed by atoms with van der Waals surface area (Å²) < 4.78 is 27.6. The first-order chi connectivity index (χ1) is 16.6. The van der Waals surface area contributed by atoms with Gasteiger partial charge in [0.05, 0.1) is 17.0 Å². The maximum absolute atomic E-state index is 13.5. The topological polar surface area (TPSA) is 131 Å². The van der Waals surface area contributed by atoms with Crippen molar-refractivity contribution in [3.8, 4) is 10.6 Å². The first-order valence-corrected chi connectivity index (χ1v) is 13.7. The van der Waals surface area contributed by atoms with E-state index in [-0.39, 0.29) is 27.9 Å². The van der Waals surface area contributed by atoms with E-state index in [0.717, 1.165) is 14.9 Å². The summed E-state index contributed by atoms with van der Waals surface area (Å²) >= 11 is 13.4. The van der Waals surface area contributed by atoms with Crippen molar-refractivity contribution in [2.45, 2.75) is 29.8 Å². The fourth-order valence-electron chi connectivity index (χ4n) is 4.19. The van der Waals surface area contributed by atoms with Crippen LogP contribution in [0.25, 0.3) is 10.6 Å². The number of Topliss-reactive ketones (excluding diaryl/α,β-unsaturated/α-hetero) is 1. The summed E-state index contributed by atoms with van der Waals surface area (Å²) in [7, 11) is -4.15. The van der Waals surface area contributed by atoms with E-state index in [2.05, 4.69) is 4.98 Å². The molecule has 0 aliphatic carbocycles. The van der Waals surface area contributed by atoms with Crippen molar-refractivity contribution in [2.75, 3.05) is 6.54 Å². The van der Waals surface area contributed by atoms with Crippen LogP contribution in [0.4, 0.5) is 0 Å². The molecule has 35 heavy (non-hydrogen) atoms. The highest BCUT2D eigenvalue weighted by atomic mass is 35.5. The van der Waals surface area contributed by atoms with Gasteiger partial charge >= 0.3 is 5.97 Å². The molecule has 12 heteroatoms. The van der Waals surface area contributed by atoms with Gasteiger partial charge in [0.2, 0.25) is 10.0 Å². The van der Waals surface area contributed by atoms with Crippen LogP contribution in [0.5, 0.6) is 0 Å². The smallest absolute Gasteiger partial charge is 0.316 e. The molecule has 1 fully saturated rings. The number of carboxylic acids is 1. The van der Waals surface area contributed by atoms with Gasteiger partial charge in [-0.1, -0.05) is 47.5 Å². The predicted molar refractivity (Wildman–Crippen MR) is 134 cm³/mol. The van der Waals surface area contributed by atoms with Gasteiger partial charge in [-0.2, -0.15) is 4.31 Å². The van der Waals surface area contributed by atoms with Crippen LogP contribution < -0.4 is 5.73 Å². The van der Waals surface area contributed by atoms with Crippen molar-refractivity contribution >= 4 is 56.3 Å². The molecule has 1 saturated heterocycles. The van der Waals surface area contributed by atoms with Crippen LogP contribution in [-0.4, -0.2) is 47.2 Å². The van der Waals surface area contributed by atoms with Crippen molar-refractivity contribution < 1.29 is 23.1 Å². The van der Waals surface area contributed by atoms with Gasteiger partial charge in [-0.15, -0.1) is 11.3 Å². The van der Waals surface area contributed by atoms with Gasteiger partial charge in [-0.25, -0.2) is 13.4 Å². The van der Waals surface area contributed by atoms with Crippen molar-refractivity contribution in [1.82, 2.24) is 9.29 Å². The highest BCUT2D eigenvalue weighted by molar-refractivity contribution is 7.89. The standard InChI is InChI=1S/C23H21Cl2N3O5S2/c24-15-10-16(25)12-17(11-15)35(32,33)28-8-1-2-18(28)21(29)19(23(30)31)20(26)13-3-5-14(6-4-13)22-27-7-9-34-22/h3-7,9-12,18-20H,1-2,8,26H2,(H,30,31)/t18-,19?,20-/m0/s1. The number of nitrogens with two attached hydrogens (primary N) is 1. The molecule has 1 aliphatic heterocycles. The molecular weight excluding hydrogens is 533 g/mol. The zero-order valence-corrected chi connectivity index (χ0v) is 21.3. The number of hydrogen-bond acceptors (Lipinski definition) is 7. The number of thiazole rings is 1. The van der Waals surface area contributed by atoms with Gasteiger partial charge in [-0.05, 0) is 36.6 Å². The maximum Gasteiger partial charge on any atom is 0.316 e. The van der Waals surface area contributed by atoms with Gasteiger partial charge in [0.1, 0.15) is 10.9 Å². The Morgan fingerprint density at radius 1 is 1.14 bits per heavy atom. The third kappa shape index (κ3) is 5.28. The minimum Gasteiger partial charge on any atom is -0.481 e. The number of rotatable bonds is 8. The Bertz CT molecular complexity index is 1330. The van der Waals surface area contributed by atoms with Crippen LogP contribution in [0.3, 0.4) is 0 Å². The predicted octanol–water partition coefficient (Wildman–Crippen LogP) is 4.24. The first-order valence-electron chi connectivity index (χ1n) is 10.6. The lowest BCUT2D eigenvalue weighted by atomic mass is 9.86. The number of halogens is 2. The van der Waals surface area contributed by atoms with E-state index in [9.17, 15) is 23.1 Å². The Morgan fingerprint density at radius 3 is 2.37 bits per heavy atom.